The van der Waals surface area contributed by atoms with Gasteiger partial charge < -0.3 is 20.0 Å². The molecule has 3 aromatic rings. The van der Waals surface area contributed by atoms with Crippen molar-refractivity contribution in [2.75, 3.05) is 19.6 Å². The maximum absolute atomic E-state index is 13.2. The molecule has 4 rings (SSSR count). The number of amides is 2. The molecule has 1 aliphatic heterocycles. The molecule has 8 heteroatoms. The summed E-state index contributed by atoms with van der Waals surface area (Å²) in [6.07, 6.45) is 7.92. The number of carbonyl (C=O) groups excluding carboxylic acids is 2. The molecule has 1 saturated heterocycles. The van der Waals surface area contributed by atoms with Crippen LogP contribution in [0.25, 0.3) is 0 Å². The van der Waals surface area contributed by atoms with Crippen LogP contribution in [-0.2, 0) is 12.0 Å². The van der Waals surface area contributed by atoms with E-state index < -0.39 is 0 Å². The van der Waals surface area contributed by atoms with Crippen LogP contribution >= 0.6 is 0 Å². The van der Waals surface area contributed by atoms with Gasteiger partial charge in [0.25, 0.3) is 11.8 Å². The number of nitrogens with zero attached hydrogens (tertiary/aromatic N) is 3. The van der Waals surface area contributed by atoms with E-state index in [1.165, 1.54) is 5.56 Å². The summed E-state index contributed by atoms with van der Waals surface area (Å²) in [5.41, 5.74) is 4.21. The quantitative estimate of drug-likeness (QED) is 0.415. The van der Waals surface area contributed by atoms with Gasteiger partial charge >= 0.3 is 0 Å². The number of aromatic nitrogens is 2. The number of hydrogen-bond acceptors (Lipinski definition) is 6. The van der Waals surface area contributed by atoms with E-state index in [1.54, 1.807) is 35.4 Å². The lowest BCUT2D eigenvalue weighted by molar-refractivity contribution is 0.0715. The first kappa shape index (κ1) is 26.5. The molecule has 1 aliphatic rings. The summed E-state index contributed by atoms with van der Waals surface area (Å²) in [5, 5.41) is 6.37. The largest absolute Gasteiger partial charge is 0.446 e. The SMILES string of the molecule is Cc1coc(C2CCCN2C(=O)c2cccc(C(=O)NCCCNCc3cncc(C(C)(C)C)c3)c2)n1. The third-order valence-electron chi connectivity index (χ3n) is 6.61. The van der Waals surface area contributed by atoms with Crippen LogP contribution in [0.5, 0.6) is 0 Å². The van der Waals surface area contributed by atoms with Crippen molar-refractivity contribution in [3.05, 3.63) is 82.8 Å². The Morgan fingerprint density at radius 3 is 2.70 bits per heavy atom. The van der Waals surface area contributed by atoms with Crippen molar-refractivity contribution in [3.8, 4) is 0 Å². The molecule has 0 radical (unpaired) electrons. The van der Waals surface area contributed by atoms with Gasteiger partial charge in [-0.3, -0.25) is 14.6 Å². The molecule has 2 N–H and O–H groups in total. The molecule has 0 aliphatic carbocycles. The van der Waals surface area contributed by atoms with E-state index in [9.17, 15) is 9.59 Å². The van der Waals surface area contributed by atoms with Crippen LogP contribution in [0.4, 0.5) is 0 Å². The Kier molecular flexibility index (Phi) is 8.38. The molecule has 8 nitrogen and oxygen atoms in total. The lowest BCUT2D eigenvalue weighted by atomic mass is 9.88. The first-order chi connectivity index (χ1) is 17.7. The van der Waals surface area contributed by atoms with E-state index in [1.807, 2.05) is 19.3 Å². The second-order valence-electron chi connectivity index (χ2n) is 10.7. The second kappa shape index (κ2) is 11.7. The van der Waals surface area contributed by atoms with E-state index in [0.717, 1.165) is 43.6 Å². The first-order valence-corrected chi connectivity index (χ1v) is 13.0. The Morgan fingerprint density at radius 1 is 1.14 bits per heavy atom. The van der Waals surface area contributed by atoms with Crippen LogP contribution in [0, 0.1) is 6.92 Å². The van der Waals surface area contributed by atoms with E-state index in [-0.39, 0.29) is 23.3 Å². The molecule has 37 heavy (non-hydrogen) atoms. The predicted molar refractivity (Wildman–Crippen MR) is 142 cm³/mol. The summed E-state index contributed by atoms with van der Waals surface area (Å²) in [4.78, 5) is 36.5. The van der Waals surface area contributed by atoms with Crippen molar-refractivity contribution < 1.29 is 14.0 Å². The summed E-state index contributed by atoms with van der Waals surface area (Å²) < 4.78 is 5.56. The number of carbonyl (C=O) groups is 2. The van der Waals surface area contributed by atoms with Gasteiger partial charge in [0, 0.05) is 43.2 Å². The van der Waals surface area contributed by atoms with Crippen molar-refractivity contribution in [2.45, 2.75) is 65.0 Å². The van der Waals surface area contributed by atoms with E-state index >= 15 is 0 Å². The lowest BCUT2D eigenvalue weighted by Gasteiger charge is -2.22. The summed E-state index contributed by atoms with van der Waals surface area (Å²) in [6.45, 7) is 11.1. The topological polar surface area (TPSA) is 100 Å². The Balaban J connectivity index is 1.25. The summed E-state index contributed by atoms with van der Waals surface area (Å²) in [5.74, 6) is 0.282. The molecule has 0 saturated carbocycles. The second-order valence-corrected chi connectivity index (χ2v) is 10.7. The van der Waals surface area contributed by atoms with Gasteiger partial charge in [0.15, 0.2) is 0 Å². The molecule has 2 aromatic heterocycles. The summed E-state index contributed by atoms with van der Waals surface area (Å²) in [6, 6.07) is 8.93. The zero-order chi connectivity index (χ0) is 26.4. The van der Waals surface area contributed by atoms with Gasteiger partial charge in [0.2, 0.25) is 5.89 Å². The van der Waals surface area contributed by atoms with Crippen LogP contribution in [0.2, 0.25) is 0 Å². The number of oxazole rings is 1. The number of hydrogen-bond donors (Lipinski definition) is 2. The minimum atomic E-state index is -0.182. The van der Waals surface area contributed by atoms with E-state index in [4.69, 9.17) is 4.42 Å². The van der Waals surface area contributed by atoms with Crippen LogP contribution in [-0.4, -0.2) is 46.3 Å². The highest BCUT2D eigenvalue weighted by Crippen LogP contribution is 2.32. The zero-order valence-electron chi connectivity index (χ0n) is 22.2. The fourth-order valence-corrected chi connectivity index (χ4v) is 4.50. The van der Waals surface area contributed by atoms with Gasteiger partial charge in [-0.1, -0.05) is 32.9 Å². The zero-order valence-corrected chi connectivity index (χ0v) is 22.2. The highest BCUT2D eigenvalue weighted by Gasteiger charge is 2.33. The maximum atomic E-state index is 13.2. The van der Waals surface area contributed by atoms with Crippen molar-refractivity contribution in [1.82, 2.24) is 25.5 Å². The smallest absolute Gasteiger partial charge is 0.254 e. The number of likely N-dealkylation sites (tertiary alicyclic amines) is 1. The number of nitrogens with one attached hydrogen (secondary N) is 2. The average Bonchev–Trinajstić information content (AvgIpc) is 3.54. The highest BCUT2D eigenvalue weighted by atomic mass is 16.3. The Hall–Kier alpha value is -3.52. The molecule has 1 unspecified atom stereocenters. The minimum absolute atomic E-state index is 0.0706. The van der Waals surface area contributed by atoms with Crippen molar-refractivity contribution in [2.24, 2.45) is 0 Å². The molecule has 0 bridgehead atoms. The van der Waals surface area contributed by atoms with Gasteiger partial charge in [0.05, 0.1) is 5.69 Å². The maximum Gasteiger partial charge on any atom is 0.254 e. The normalized spacial score (nSPS) is 15.7. The number of benzene rings is 1. The van der Waals surface area contributed by atoms with Gasteiger partial charge in [-0.2, -0.15) is 0 Å². The molecule has 2 amide bonds. The number of rotatable bonds is 9. The molecular formula is C29H37N5O3. The van der Waals surface area contributed by atoms with Gasteiger partial charge in [-0.05, 0) is 67.5 Å². The van der Waals surface area contributed by atoms with E-state index in [0.29, 0.717) is 30.1 Å². The number of aryl methyl sites for hydroxylation is 1. The summed E-state index contributed by atoms with van der Waals surface area (Å²) in [7, 11) is 0. The monoisotopic (exact) mass is 503 g/mol. The molecule has 3 heterocycles. The minimum Gasteiger partial charge on any atom is -0.446 e. The van der Waals surface area contributed by atoms with E-state index in [2.05, 4.69) is 47.4 Å². The van der Waals surface area contributed by atoms with Crippen LogP contribution < -0.4 is 10.6 Å². The summed E-state index contributed by atoms with van der Waals surface area (Å²) >= 11 is 0. The average molecular weight is 504 g/mol. The Bertz CT molecular complexity index is 1230. The first-order valence-electron chi connectivity index (χ1n) is 13.0. The third kappa shape index (κ3) is 6.83. The molecule has 0 spiro atoms. The third-order valence-corrected chi connectivity index (χ3v) is 6.61. The Labute approximate surface area is 218 Å². The van der Waals surface area contributed by atoms with Crippen molar-refractivity contribution in [3.63, 3.8) is 0 Å². The number of pyridine rings is 1. The molecular weight excluding hydrogens is 466 g/mol. The molecule has 1 atom stereocenters. The van der Waals surface area contributed by atoms with Gasteiger partial charge in [0.1, 0.15) is 12.3 Å². The Morgan fingerprint density at radius 2 is 1.95 bits per heavy atom. The van der Waals surface area contributed by atoms with Gasteiger partial charge in [-0.25, -0.2) is 4.98 Å². The van der Waals surface area contributed by atoms with Crippen LogP contribution in [0.1, 0.15) is 89.5 Å². The van der Waals surface area contributed by atoms with Crippen LogP contribution in [0.3, 0.4) is 0 Å². The fraction of sp³-hybridized carbons (Fsp3) is 0.448. The fourth-order valence-electron chi connectivity index (χ4n) is 4.50. The molecule has 196 valence electrons. The van der Waals surface area contributed by atoms with Crippen molar-refractivity contribution in [1.29, 1.82) is 0 Å². The highest BCUT2D eigenvalue weighted by molar-refractivity contribution is 5.99. The molecule has 1 aromatic carbocycles. The lowest BCUT2D eigenvalue weighted by Crippen LogP contribution is -2.31. The predicted octanol–water partition coefficient (Wildman–Crippen LogP) is 4.56. The van der Waals surface area contributed by atoms with Gasteiger partial charge in [-0.15, -0.1) is 0 Å². The van der Waals surface area contributed by atoms with Crippen LogP contribution in [0.15, 0.2) is 53.4 Å². The molecule has 1 fully saturated rings. The standard InChI is InChI=1S/C29H37N5O3/c1-20-19-37-27(33-20)25-10-6-13-34(25)28(36)23-9-5-8-22(15-23)26(35)32-12-7-11-30-16-21-14-24(18-31-17-21)29(2,3)4/h5,8-9,14-15,17-19,25,30H,6-7,10-13,16H2,1-4H3,(H,32,35). The van der Waals surface area contributed by atoms with Crippen molar-refractivity contribution >= 4 is 11.8 Å².